The molecule has 36 heavy (non-hydrogen) atoms. The number of rotatable bonds is 9. The van der Waals surface area contributed by atoms with Gasteiger partial charge in [-0.3, -0.25) is 10.1 Å². The number of hydrogen-bond donors (Lipinski definition) is 0. The average molecular weight is 490 g/mol. The van der Waals surface area contributed by atoms with Gasteiger partial charge in [0.2, 0.25) is 0 Å². The second kappa shape index (κ2) is 11.2. The molecule has 5 heteroatoms. The molecule has 0 spiro atoms. The highest BCUT2D eigenvalue weighted by Gasteiger charge is 2.30. The lowest BCUT2D eigenvalue weighted by Gasteiger charge is -2.36. The van der Waals surface area contributed by atoms with E-state index in [0.717, 1.165) is 17.7 Å². The fraction of sp³-hybridized carbons (Fsp3) is 0.419. The van der Waals surface area contributed by atoms with E-state index < -0.39 is 0 Å². The Balaban J connectivity index is 1.59. The minimum atomic E-state index is -0.362. The third-order valence-corrected chi connectivity index (χ3v) is 6.23. The second-order valence-electron chi connectivity index (χ2n) is 11.8. The molecule has 0 aliphatic carbocycles. The maximum Gasteiger partial charge on any atom is 0.277 e. The van der Waals surface area contributed by atoms with E-state index in [1.54, 1.807) is 18.2 Å². The second-order valence-corrected chi connectivity index (χ2v) is 11.8. The Morgan fingerprint density at radius 3 is 1.97 bits per heavy atom. The Morgan fingerprint density at radius 1 is 0.833 bits per heavy atom. The van der Waals surface area contributed by atoms with Crippen molar-refractivity contribution in [3.8, 4) is 22.6 Å². The van der Waals surface area contributed by atoms with Crippen LogP contribution in [0.2, 0.25) is 0 Å². The molecule has 192 valence electrons. The average Bonchev–Trinajstić information content (AvgIpc) is 2.81. The van der Waals surface area contributed by atoms with Crippen molar-refractivity contribution >= 4 is 5.69 Å². The van der Waals surface area contributed by atoms with E-state index in [-0.39, 0.29) is 27.5 Å². The maximum atomic E-state index is 11.3. The molecule has 0 saturated carbocycles. The van der Waals surface area contributed by atoms with Crippen LogP contribution in [0.5, 0.6) is 11.5 Å². The first-order valence-electron chi connectivity index (χ1n) is 12.6. The molecule has 0 aliphatic rings. The van der Waals surface area contributed by atoms with Gasteiger partial charge in [-0.15, -0.1) is 0 Å². The highest BCUT2D eigenvalue weighted by Crippen LogP contribution is 2.43. The number of para-hydroxylation sites is 1. The molecular weight excluding hydrogens is 450 g/mol. The fourth-order valence-electron chi connectivity index (χ4n) is 4.40. The van der Waals surface area contributed by atoms with E-state index in [1.807, 2.05) is 43.3 Å². The smallest absolute Gasteiger partial charge is 0.277 e. The first kappa shape index (κ1) is 27.3. The van der Waals surface area contributed by atoms with E-state index >= 15 is 0 Å². The molecule has 3 rings (SSSR count). The van der Waals surface area contributed by atoms with Crippen molar-refractivity contribution in [2.75, 3.05) is 6.61 Å². The summed E-state index contributed by atoms with van der Waals surface area (Å²) < 4.78 is 12.0. The largest absolute Gasteiger partial charge is 0.490 e. The Hall–Kier alpha value is -3.34. The van der Waals surface area contributed by atoms with Gasteiger partial charge in [0.1, 0.15) is 24.2 Å². The van der Waals surface area contributed by atoms with Crippen molar-refractivity contribution in [1.82, 2.24) is 0 Å². The van der Waals surface area contributed by atoms with E-state index in [4.69, 9.17) is 9.47 Å². The summed E-state index contributed by atoms with van der Waals surface area (Å²) in [6.07, 6.45) is 0.961. The lowest BCUT2D eigenvalue weighted by atomic mass is 9.69. The Labute approximate surface area is 215 Å². The molecule has 3 aromatic carbocycles. The van der Waals surface area contributed by atoms with Crippen molar-refractivity contribution in [2.24, 2.45) is 10.8 Å². The minimum Gasteiger partial charge on any atom is -0.490 e. The molecule has 0 radical (unpaired) electrons. The lowest BCUT2D eigenvalue weighted by Crippen LogP contribution is -2.24. The molecule has 0 heterocycles. The first-order chi connectivity index (χ1) is 16.8. The van der Waals surface area contributed by atoms with Crippen LogP contribution in [-0.2, 0) is 0 Å². The molecule has 3 aromatic rings. The van der Waals surface area contributed by atoms with Crippen molar-refractivity contribution in [3.63, 3.8) is 0 Å². The maximum absolute atomic E-state index is 11.3. The zero-order valence-corrected chi connectivity index (χ0v) is 22.6. The Kier molecular flexibility index (Phi) is 8.44. The highest BCUT2D eigenvalue weighted by atomic mass is 16.6. The molecule has 0 aromatic heterocycles. The van der Waals surface area contributed by atoms with Gasteiger partial charge in [0.25, 0.3) is 5.69 Å². The number of nitro groups is 1. The zero-order chi connectivity index (χ0) is 26.5. The summed E-state index contributed by atoms with van der Waals surface area (Å²) in [5.41, 5.74) is 3.23. The first-order valence-corrected chi connectivity index (χ1v) is 12.6. The molecule has 0 saturated heterocycles. The summed E-state index contributed by atoms with van der Waals surface area (Å²) >= 11 is 0. The van der Waals surface area contributed by atoms with Crippen molar-refractivity contribution in [3.05, 3.63) is 88.5 Å². The standard InChI is InChI=1S/C31H39NO4/c1-22(36-26-18-12-23(13-19-26)27-10-8-9-11-29(27)32(33)34)21-35-25-16-14-24(15-17-25)28(31(5,6)7)20-30(2,3)4/h8-19,22,28H,20-21H2,1-7H3. The van der Waals surface area contributed by atoms with Crippen LogP contribution in [0.15, 0.2) is 72.8 Å². The van der Waals surface area contributed by atoms with E-state index in [9.17, 15) is 10.1 Å². The molecule has 2 atom stereocenters. The van der Waals surface area contributed by atoms with Crippen LogP contribution in [0.3, 0.4) is 0 Å². The van der Waals surface area contributed by atoms with E-state index in [1.165, 1.54) is 11.6 Å². The summed E-state index contributed by atoms with van der Waals surface area (Å²) in [4.78, 5) is 11.0. The van der Waals surface area contributed by atoms with Gasteiger partial charge in [-0.05, 0) is 71.6 Å². The van der Waals surface area contributed by atoms with Crippen LogP contribution in [0, 0.1) is 20.9 Å². The molecule has 0 N–H and O–H groups in total. The predicted molar refractivity (Wildman–Crippen MR) is 147 cm³/mol. The molecular formula is C31H39NO4. The van der Waals surface area contributed by atoms with Crippen molar-refractivity contribution < 1.29 is 14.4 Å². The van der Waals surface area contributed by atoms with Gasteiger partial charge in [-0.2, -0.15) is 0 Å². The molecule has 2 unspecified atom stereocenters. The summed E-state index contributed by atoms with van der Waals surface area (Å²) in [5, 5.41) is 11.3. The van der Waals surface area contributed by atoms with Crippen LogP contribution >= 0.6 is 0 Å². The summed E-state index contributed by atoms with van der Waals surface area (Å²) in [7, 11) is 0. The van der Waals surface area contributed by atoms with E-state index in [2.05, 4.69) is 53.7 Å². The summed E-state index contributed by atoms with van der Waals surface area (Å²) in [5.74, 6) is 1.98. The topological polar surface area (TPSA) is 61.6 Å². The molecule has 0 fully saturated rings. The molecule has 0 aliphatic heterocycles. The number of ether oxygens (including phenoxy) is 2. The number of benzene rings is 3. The summed E-state index contributed by atoms with van der Waals surface area (Å²) in [6.45, 7) is 16.2. The van der Waals surface area contributed by atoms with Crippen LogP contribution in [-0.4, -0.2) is 17.6 Å². The van der Waals surface area contributed by atoms with Gasteiger partial charge in [0.05, 0.1) is 10.5 Å². The van der Waals surface area contributed by atoms with Crippen LogP contribution in [0.1, 0.15) is 66.4 Å². The zero-order valence-electron chi connectivity index (χ0n) is 22.6. The predicted octanol–water partition coefficient (Wildman–Crippen LogP) is 8.67. The lowest BCUT2D eigenvalue weighted by molar-refractivity contribution is -0.384. The number of nitrogens with zero attached hydrogens (tertiary/aromatic N) is 1. The van der Waals surface area contributed by atoms with Gasteiger partial charge in [0.15, 0.2) is 0 Å². The third kappa shape index (κ3) is 7.58. The number of hydrogen-bond acceptors (Lipinski definition) is 4. The van der Waals surface area contributed by atoms with Crippen molar-refractivity contribution in [2.45, 2.75) is 66.9 Å². The highest BCUT2D eigenvalue weighted by molar-refractivity contribution is 5.73. The normalized spacial score (nSPS) is 13.6. The summed E-state index contributed by atoms with van der Waals surface area (Å²) in [6, 6.07) is 22.5. The minimum absolute atomic E-state index is 0.0891. The third-order valence-electron chi connectivity index (χ3n) is 6.23. The Bertz CT molecular complexity index is 1140. The van der Waals surface area contributed by atoms with Crippen LogP contribution in [0.4, 0.5) is 5.69 Å². The molecule has 0 bridgehead atoms. The van der Waals surface area contributed by atoms with Crippen LogP contribution < -0.4 is 9.47 Å². The molecule has 5 nitrogen and oxygen atoms in total. The molecule has 0 amide bonds. The quantitative estimate of drug-likeness (QED) is 0.223. The Morgan fingerprint density at radius 2 is 1.42 bits per heavy atom. The van der Waals surface area contributed by atoms with Gasteiger partial charge >= 0.3 is 0 Å². The SMILES string of the molecule is CC(COc1ccc(C(CC(C)(C)C)C(C)(C)C)cc1)Oc1ccc(-c2ccccc2[N+](=O)[O-])cc1. The van der Waals surface area contributed by atoms with Gasteiger partial charge in [0, 0.05) is 6.07 Å². The fourth-order valence-corrected chi connectivity index (χ4v) is 4.40. The van der Waals surface area contributed by atoms with Gasteiger partial charge in [-0.1, -0.05) is 77.9 Å². The van der Waals surface area contributed by atoms with Crippen molar-refractivity contribution in [1.29, 1.82) is 0 Å². The van der Waals surface area contributed by atoms with Gasteiger partial charge in [-0.25, -0.2) is 0 Å². The van der Waals surface area contributed by atoms with Crippen LogP contribution in [0.25, 0.3) is 11.1 Å². The van der Waals surface area contributed by atoms with Gasteiger partial charge < -0.3 is 9.47 Å². The number of nitro benzene ring substituents is 1. The van der Waals surface area contributed by atoms with E-state index in [0.29, 0.717) is 23.8 Å². The monoisotopic (exact) mass is 489 g/mol.